The van der Waals surface area contributed by atoms with Crippen LogP contribution in [0.2, 0.25) is 0 Å². The first-order chi connectivity index (χ1) is 25.7. The SMILES string of the molecule is COc1cc([C@@H]2c3c(cc(OC)c(O)c3OC)C=C3C(=O)O[C@H]4[C@H](O)[C@@H](COC(=O)[C@@H]32)O[C@@]4(CO)O[C@H]2O[C@H](COC(C)=O)[C@@H](O)[C@H](O)[C@H]2O)ccc1O. The van der Waals surface area contributed by atoms with Gasteiger partial charge in [0.2, 0.25) is 11.5 Å². The second-order valence-corrected chi connectivity index (χ2v) is 13.0. The van der Waals surface area contributed by atoms with Gasteiger partial charge in [0.15, 0.2) is 35.4 Å². The van der Waals surface area contributed by atoms with Gasteiger partial charge in [0.05, 0.1) is 26.9 Å². The lowest BCUT2D eigenvalue weighted by molar-refractivity contribution is -0.383. The van der Waals surface area contributed by atoms with E-state index in [-0.39, 0.29) is 39.7 Å². The number of hydrogen-bond donors (Lipinski definition) is 7. The van der Waals surface area contributed by atoms with E-state index in [1.165, 1.54) is 51.7 Å². The molecule has 0 radical (unpaired) electrons. The van der Waals surface area contributed by atoms with Gasteiger partial charge in [0, 0.05) is 18.4 Å². The third-order valence-electron chi connectivity index (χ3n) is 9.81. The number of fused-ring (bicyclic) bond motifs is 4. The Labute approximate surface area is 306 Å². The third kappa shape index (κ3) is 6.66. The van der Waals surface area contributed by atoms with E-state index < -0.39 is 110 Å². The maximum Gasteiger partial charge on any atom is 0.335 e. The zero-order valence-electron chi connectivity index (χ0n) is 29.3. The summed E-state index contributed by atoms with van der Waals surface area (Å²) < 4.78 is 49.9. The van der Waals surface area contributed by atoms with Gasteiger partial charge in [-0.1, -0.05) is 6.07 Å². The van der Waals surface area contributed by atoms with Crippen molar-refractivity contribution in [2.45, 2.75) is 67.6 Å². The summed E-state index contributed by atoms with van der Waals surface area (Å²) in [6, 6.07) is 5.57. The molecule has 3 heterocycles. The number of ether oxygens (including phenoxy) is 9. The highest BCUT2D eigenvalue weighted by molar-refractivity contribution is 6.03. The second kappa shape index (κ2) is 15.2. The van der Waals surface area contributed by atoms with Crippen molar-refractivity contribution in [2.75, 3.05) is 41.2 Å². The maximum absolute atomic E-state index is 14.4. The minimum atomic E-state index is -2.54. The van der Waals surface area contributed by atoms with Gasteiger partial charge in [-0.2, -0.15) is 0 Å². The van der Waals surface area contributed by atoms with Crippen LogP contribution in [0.15, 0.2) is 29.8 Å². The van der Waals surface area contributed by atoms with Crippen LogP contribution in [0.25, 0.3) is 6.08 Å². The number of benzene rings is 2. The monoisotopic (exact) mass is 764 g/mol. The number of methoxy groups -OCH3 is 3. The second-order valence-electron chi connectivity index (χ2n) is 13.0. The van der Waals surface area contributed by atoms with Gasteiger partial charge in [-0.05, 0) is 35.4 Å². The van der Waals surface area contributed by atoms with Crippen LogP contribution in [0.1, 0.15) is 29.5 Å². The number of aliphatic hydroxyl groups excluding tert-OH is 5. The Morgan fingerprint density at radius 1 is 0.926 bits per heavy atom. The summed E-state index contributed by atoms with van der Waals surface area (Å²) in [5.74, 6) is -9.06. The van der Waals surface area contributed by atoms with Gasteiger partial charge in [-0.3, -0.25) is 9.59 Å². The fraction of sp³-hybridized carbons (Fsp3) is 0.514. The Morgan fingerprint density at radius 3 is 2.30 bits per heavy atom. The molecule has 3 saturated heterocycles. The molecule has 19 nitrogen and oxygen atoms in total. The van der Waals surface area contributed by atoms with Crippen LogP contribution in [0.5, 0.6) is 28.7 Å². The van der Waals surface area contributed by atoms with Crippen molar-refractivity contribution < 1.29 is 92.8 Å². The number of carbonyl (C=O) groups excluding carboxylic acids is 3. The van der Waals surface area contributed by atoms with Gasteiger partial charge < -0.3 is 78.4 Å². The molecule has 54 heavy (non-hydrogen) atoms. The third-order valence-corrected chi connectivity index (χ3v) is 9.81. The molecule has 2 aromatic carbocycles. The molecule has 1 aliphatic carbocycles. The van der Waals surface area contributed by atoms with E-state index in [1.807, 2.05) is 0 Å². The lowest BCUT2D eigenvalue weighted by atomic mass is 9.70. The number of carbonyl (C=O) groups is 3. The summed E-state index contributed by atoms with van der Waals surface area (Å²) in [6.45, 7) is -1.35. The number of cyclic esters (lactones) is 1. The molecule has 6 rings (SSSR count). The summed E-state index contributed by atoms with van der Waals surface area (Å²) >= 11 is 0. The molecule has 3 fully saturated rings. The first kappa shape index (κ1) is 39.0. The number of aromatic hydroxyl groups is 2. The summed E-state index contributed by atoms with van der Waals surface area (Å²) in [6.07, 6.45) is -13.1. The van der Waals surface area contributed by atoms with Crippen molar-refractivity contribution in [3.05, 3.63) is 46.5 Å². The average Bonchev–Trinajstić information content (AvgIpc) is 3.41. The molecule has 294 valence electrons. The van der Waals surface area contributed by atoms with Crippen LogP contribution in [0.4, 0.5) is 0 Å². The summed E-state index contributed by atoms with van der Waals surface area (Å²) in [4.78, 5) is 40.0. The largest absolute Gasteiger partial charge is 0.504 e. The molecule has 3 aliphatic heterocycles. The molecule has 0 aromatic heterocycles. The van der Waals surface area contributed by atoms with Crippen molar-refractivity contribution in [2.24, 2.45) is 5.92 Å². The Hall–Kier alpha value is -4.73. The minimum Gasteiger partial charge on any atom is -0.504 e. The fourth-order valence-corrected chi connectivity index (χ4v) is 7.14. The van der Waals surface area contributed by atoms with E-state index in [1.54, 1.807) is 0 Å². The number of phenolic OH excluding ortho intramolecular Hbond substituents is 2. The first-order valence-corrected chi connectivity index (χ1v) is 16.6. The molecule has 19 heteroatoms. The van der Waals surface area contributed by atoms with Gasteiger partial charge in [-0.25, -0.2) is 4.79 Å². The molecule has 0 amide bonds. The normalized spacial score (nSPS) is 33.3. The van der Waals surface area contributed by atoms with E-state index >= 15 is 0 Å². The molecule has 0 saturated carbocycles. The van der Waals surface area contributed by atoms with Gasteiger partial charge >= 0.3 is 17.9 Å². The predicted molar refractivity (Wildman–Crippen MR) is 175 cm³/mol. The highest BCUT2D eigenvalue weighted by Crippen LogP contribution is 2.54. The number of esters is 3. The van der Waals surface area contributed by atoms with Crippen molar-refractivity contribution in [1.29, 1.82) is 0 Å². The summed E-state index contributed by atoms with van der Waals surface area (Å²) in [7, 11) is 3.87. The molecule has 11 atom stereocenters. The Balaban J connectivity index is 1.44. The number of aliphatic hydroxyl groups is 5. The van der Waals surface area contributed by atoms with Crippen LogP contribution in [-0.4, -0.2) is 150 Å². The Morgan fingerprint density at radius 2 is 1.65 bits per heavy atom. The van der Waals surface area contributed by atoms with Gasteiger partial charge in [-0.15, -0.1) is 0 Å². The molecular weight excluding hydrogens is 724 g/mol. The first-order valence-electron chi connectivity index (χ1n) is 16.6. The molecule has 2 bridgehead atoms. The fourth-order valence-electron chi connectivity index (χ4n) is 7.14. The van der Waals surface area contributed by atoms with E-state index in [0.717, 1.165) is 6.92 Å². The average molecular weight is 765 g/mol. The lowest BCUT2D eigenvalue weighted by Crippen LogP contribution is -2.63. The Bertz CT molecular complexity index is 1810. The van der Waals surface area contributed by atoms with Crippen LogP contribution in [0.3, 0.4) is 0 Å². The van der Waals surface area contributed by atoms with Crippen molar-refractivity contribution in [1.82, 2.24) is 0 Å². The maximum atomic E-state index is 14.4. The van der Waals surface area contributed by atoms with Gasteiger partial charge in [0.1, 0.15) is 62.4 Å². The van der Waals surface area contributed by atoms with Crippen LogP contribution < -0.4 is 14.2 Å². The zero-order valence-corrected chi connectivity index (χ0v) is 29.3. The van der Waals surface area contributed by atoms with E-state index in [4.69, 9.17) is 42.6 Å². The van der Waals surface area contributed by atoms with Crippen LogP contribution >= 0.6 is 0 Å². The molecule has 4 aliphatic rings. The molecule has 0 unspecified atom stereocenters. The summed E-state index contributed by atoms with van der Waals surface area (Å²) in [5, 5.41) is 75.4. The van der Waals surface area contributed by atoms with Crippen LogP contribution in [0, 0.1) is 5.92 Å². The smallest absolute Gasteiger partial charge is 0.335 e. The number of hydrogen-bond acceptors (Lipinski definition) is 19. The lowest BCUT2D eigenvalue weighted by Gasteiger charge is -2.43. The highest BCUT2D eigenvalue weighted by Gasteiger charge is 2.62. The quantitative estimate of drug-likeness (QED) is 0.114. The topological polar surface area (TPSA) is 276 Å². The van der Waals surface area contributed by atoms with Crippen molar-refractivity contribution in [3.8, 4) is 28.7 Å². The van der Waals surface area contributed by atoms with E-state index in [0.29, 0.717) is 5.56 Å². The van der Waals surface area contributed by atoms with Gasteiger partial charge in [0.25, 0.3) is 0 Å². The Kier molecular flexibility index (Phi) is 11.0. The molecule has 0 spiro atoms. The summed E-state index contributed by atoms with van der Waals surface area (Å²) in [5.41, 5.74) is 0.407. The number of rotatable bonds is 9. The predicted octanol–water partition coefficient (Wildman–Crippen LogP) is -1.43. The van der Waals surface area contributed by atoms with E-state index in [9.17, 15) is 50.1 Å². The molecule has 2 aromatic rings. The minimum absolute atomic E-state index is 0.0111. The molecular formula is C35H40O19. The standard InChI is InChI=1S/C35H40O19/c1-13(37)49-10-20-25(39)28(42)29(43)34(51-20)54-35(12-36)31-27(41)21(53-35)11-50-33(45)24-16(32(44)52-31)7-15-9-19(47-3)26(40)30(48-4)23(15)22(24)14-5-6-17(38)18(8-14)46-2/h5-9,20-22,24-25,27-29,31,34,36,38-43H,10-12H2,1-4H3/t20-,21-,22-,24+,25-,27-,28+,29-,31+,34-,35+/m1/s1. The van der Waals surface area contributed by atoms with Crippen molar-refractivity contribution >= 4 is 24.0 Å². The van der Waals surface area contributed by atoms with Crippen molar-refractivity contribution in [3.63, 3.8) is 0 Å². The highest BCUT2D eigenvalue weighted by atomic mass is 16.8. The van der Waals surface area contributed by atoms with Crippen LogP contribution in [-0.2, 0) is 42.8 Å². The number of phenols is 2. The van der Waals surface area contributed by atoms with E-state index in [2.05, 4.69) is 0 Å². The molecule has 7 N–H and O–H groups in total. The zero-order chi connectivity index (χ0) is 39.2.